The summed E-state index contributed by atoms with van der Waals surface area (Å²) >= 11 is 1.69. The molecule has 1 unspecified atom stereocenters. The Bertz CT molecular complexity index is 331. The summed E-state index contributed by atoms with van der Waals surface area (Å²) in [5.74, 6) is 0. The van der Waals surface area contributed by atoms with E-state index in [0.29, 0.717) is 18.1 Å². The molecule has 102 valence electrons. The third-order valence-corrected chi connectivity index (χ3v) is 4.67. The quantitative estimate of drug-likeness (QED) is 0.891. The normalized spacial score (nSPS) is 26.4. The van der Waals surface area contributed by atoms with E-state index in [9.17, 15) is 0 Å². The monoisotopic (exact) mass is 267 g/mol. The molecule has 1 heterocycles. The van der Waals surface area contributed by atoms with Gasteiger partial charge in [0.05, 0.1) is 17.2 Å². The molecule has 1 aromatic rings. The first kappa shape index (κ1) is 14.0. The van der Waals surface area contributed by atoms with Gasteiger partial charge in [0.2, 0.25) is 0 Å². The molecule has 1 fully saturated rings. The van der Waals surface area contributed by atoms with Gasteiger partial charge in [0.15, 0.2) is 0 Å². The van der Waals surface area contributed by atoms with Gasteiger partial charge in [-0.2, -0.15) is 0 Å². The van der Waals surface area contributed by atoms with Crippen LogP contribution in [0.5, 0.6) is 0 Å². The SMILES string of the molecule is CCCN(C1CCC(N)CC1)C(C)c1cscn1. The minimum absolute atomic E-state index is 0.430. The Morgan fingerprint density at radius 1 is 1.44 bits per heavy atom. The van der Waals surface area contributed by atoms with Crippen LogP contribution in [0.1, 0.15) is 57.7 Å². The third kappa shape index (κ3) is 3.31. The Kier molecular flexibility index (Phi) is 5.15. The van der Waals surface area contributed by atoms with Crippen molar-refractivity contribution in [1.29, 1.82) is 0 Å². The van der Waals surface area contributed by atoms with Crippen LogP contribution in [0, 0.1) is 0 Å². The second-order valence-corrected chi connectivity index (χ2v) is 6.11. The van der Waals surface area contributed by atoms with Gasteiger partial charge in [0, 0.05) is 17.5 Å². The lowest BCUT2D eigenvalue weighted by Crippen LogP contribution is -2.42. The largest absolute Gasteiger partial charge is 0.328 e. The highest BCUT2D eigenvalue weighted by molar-refractivity contribution is 7.07. The highest BCUT2D eigenvalue weighted by Crippen LogP contribution is 2.29. The van der Waals surface area contributed by atoms with Crippen molar-refractivity contribution < 1.29 is 0 Å². The Morgan fingerprint density at radius 2 is 2.17 bits per heavy atom. The zero-order valence-corrected chi connectivity index (χ0v) is 12.3. The van der Waals surface area contributed by atoms with Gasteiger partial charge in [-0.15, -0.1) is 11.3 Å². The standard InChI is InChI=1S/C14H25N3S/c1-3-8-17(11(2)14-9-18-10-16-14)13-6-4-12(15)5-7-13/h9-13H,3-8,15H2,1-2H3. The molecule has 2 rings (SSSR count). The lowest BCUT2D eigenvalue weighted by atomic mass is 9.89. The summed E-state index contributed by atoms with van der Waals surface area (Å²) in [5.41, 5.74) is 9.18. The Morgan fingerprint density at radius 3 is 2.72 bits per heavy atom. The predicted molar refractivity (Wildman–Crippen MR) is 77.8 cm³/mol. The lowest BCUT2D eigenvalue weighted by Gasteiger charge is -2.39. The van der Waals surface area contributed by atoms with E-state index < -0.39 is 0 Å². The predicted octanol–water partition coefficient (Wildman–Crippen LogP) is 3.19. The summed E-state index contributed by atoms with van der Waals surface area (Å²) in [6.45, 7) is 5.72. The van der Waals surface area contributed by atoms with Crippen LogP contribution >= 0.6 is 11.3 Å². The van der Waals surface area contributed by atoms with E-state index in [2.05, 4.69) is 29.1 Å². The van der Waals surface area contributed by atoms with Crippen molar-refractivity contribution in [2.24, 2.45) is 5.73 Å². The van der Waals surface area contributed by atoms with Crippen LogP contribution in [0.4, 0.5) is 0 Å². The van der Waals surface area contributed by atoms with Gasteiger partial charge >= 0.3 is 0 Å². The van der Waals surface area contributed by atoms with E-state index in [1.807, 2.05) is 5.51 Å². The zero-order chi connectivity index (χ0) is 13.0. The van der Waals surface area contributed by atoms with E-state index in [1.54, 1.807) is 11.3 Å². The van der Waals surface area contributed by atoms with Crippen molar-refractivity contribution in [2.75, 3.05) is 6.54 Å². The number of hydrogen-bond acceptors (Lipinski definition) is 4. The van der Waals surface area contributed by atoms with Gasteiger partial charge in [0.1, 0.15) is 0 Å². The Hall–Kier alpha value is -0.450. The zero-order valence-electron chi connectivity index (χ0n) is 11.5. The molecule has 1 atom stereocenters. The Balaban J connectivity index is 2.03. The van der Waals surface area contributed by atoms with Gasteiger partial charge in [-0.05, 0) is 45.6 Å². The first-order chi connectivity index (χ1) is 8.72. The number of nitrogens with zero attached hydrogens (tertiary/aromatic N) is 2. The van der Waals surface area contributed by atoms with Crippen LogP contribution in [0.25, 0.3) is 0 Å². The van der Waals surface area contributed by atoms with E-state index in [-0.39, 0.29) is 0 Å². The lowest BCUT2D eigenvalue weighted by molar-refractivity contribution is 0.106. The average Bonchev–Trinajstić information content (AvgIpc) is 2.90. The molecule has 0 aromatic carbocycles. The van der Waals surface area contributed by atoms with Crippen molar-refractivity contribution in [3.8, 4) is 0 Å². The molecule has 1 aliphatic carbocycles. The molecule has 0 saturated heterocycles. The van der Waals surface area contributed by atoms with Gasteiger partial charge in [0.25, 0.3) is 0 Å². The maximum absolute atomic E-state index is 6.01. The molecule has 1 aromatic heterocycles. The van der Waals surface area contributed by atoms with Gasteiger partial charge < -0.3 is 5.73 Å². The highest BCUT2D eigenvalue weighted by atomic mass is 32.1. The number of rotatable bonds is 5. The number of thiazole rings is 1. The van der Waals surface area contributed by atoms with E-state index in [0.717, 1.165) is 0 Å². The molecule has 1 saturated carbocycles. The molecular formula is C14H25N3S. The minimum Gasteiger partial charge on any atom is -0.328 e. The second kappa shape index (κ2) is 6.64. The van der Waals surface area contributed by atoms with E-state index >= 15 is 0 Å². The van der Waals surface area contributed by atoms with Crippen LogP contribution in [-0.2, 0) is 0 Å². The van der Waals surface area contributed by atoms with Crippen molar-refractivity contribution in [2.45, 2.75) is 64.1 Å². The molecular weight excluding hydrogens is 242 g/mol. The van der Waals surface area contributed by atoms with Crippen molar-refractivity contribution in [3.63, 3.8) is 0 Å². The molecule has 2 N–H and O–H groups in total. The molecule has 0 aliphatic heterocycles. The summed E-state index contributed by atoms with van der Waals surface area (Å²) in [4.78, 5) is 7.12. The summed E-state index contributed by atoms with van der Waals surface area (Å²) in [5, 5.41) is 2.18. The maximum Gasteiger partial charge on any atom is 0.0795 e. The molecule has 4 heteroatoms. The minimum atomic E-state index is 0.430. The average molecular weight is 267 g/mol. The first-order valence-corrected chi connectivity index (χ1v) is 8.06. The number of hydrogen-bond donors (Lipinski definition) is 1. The summed E-state index contributed by atoms with van der Waals surface area (Å²) in [6, 6.07) is 1.57. The summed E-state index contributed by atoms with van der Waals surface area (Å²) in [7, 11) is 0. The Labute approximate surface area is 114 Å². The smallest absolute Gasteiger partial charge is 0.0795 e. The van der Waals surface area contributed by atoms with Crippen molar-refractivity contribution in [1.82, 2.24) is 9.88 Å². The van der Waals surface area contributed by atoms with E-state index in [1.165, 1.54) is 44.3 Å². The van der Waals surface area contributed by atoms with Crippen LogP contribution in [-0.4, -0.2) is 28.5 Å². The van der Waals surface area contributed by atoms with Crippen LogP contribution in [0.15, 0.2) is 10.9 Å². The first-order valence-electron chi connectivity index (χ1n) is 7.11. The molecule has 0 radical (unpaired) electrons. The van der Waals surface area contributed by atoms with Gasteiger partial charge in [-0.1, -0.05) is 6.92 Å². The fourth-order valence-corrected chi connectivity index (χ4v) is 3.62. The molecule has 18 heavy (non-hydrogen) atoms. The third-order valence-electron chi connectivity index (χ3n) is 4.07. The van der Waals surface area contributed by atoms with Crippen LogP contribution in [0.2, 0.25) is 0 Å². The number of aromatic nitrogens is 1. The summed E-state index contributed by atoms with van der Waals surface area (Å²) < 4.78 is 0. The summed E-state index contributed by atoms with van der Waals surface area (Å²) in [6.07, 6.45) is 6.05. The van der Waals surface area contributed by atoms with Crippen LogP contribution < -0.4 is 5.73 Å². The fraction of sp³-hybridized carbons (Fsp3) is 0.786. The highest BCUT2D eigenvalue weighted by Gasteiger charge is 2.28. The second-order valence-electron chi connectivity index (χ2n) is 5.40. The molecule has 3 nitrogen and oxygen atoms in total. The van der Waals surface area contributed by atoms with Gasteiger partial charge in [-0.25, -0.2) is 4.98 Å². The number of nitrogens with two attached hydrogens (primary N) is 1. The van der Waals surface area contributed by atoms with E-state index in [4.69, 9.17) is 5.73 Å². The van der Waals surface area contributed by atoms with Crippen molar-refractivity contribution >= 4 is 11.3 Å². The molecule has 0 amide bonds. The van der Waals surface area contributed by atoms with Crippen LogP contribution in [0.3, 0.4) is 0 Å². The molecule has 0 spiro atoms. The fourth-order valence-electron chi connectivity index (χ4n) is 2.98. The van der Waals surface area contributed by atoms with Crippen molar-refractivity contribution in [3.05, 3.63) is 16.6 Å². The molecule has 0 bridgehead atoms. The molecule has 1 aliphatic rings. The van der Waals surface area contributed by atoms with Gasteiger partial charge in [-0.3, -0.25) is 4.90 Å². The maximum atomic E-state index is 6.01. The topological polar surface area (TPSA) is 42.1 Å².